The summed E-state index contributed by atoms with van der Waals surface area (Å²) in [5.41, 5.74) is 3.70. The van der Waals surface area contributed by atoms with Crippen molar-refractivity contribution in [2.24, 2.45) is 0 Å². The highest BCUT2D eigenvalue weighted by Gasteiger charge is 2.01. The van der Waals surface area contributed by atoms with Crippen LogP contribution < -0.4 is 0 Å². The fourth-order valence-electron chi connectivity index (χ4n) is 1.93. The van der Waals surface area contributed by atoms with Crippen LogP contribution in [0.3, 0.4) is 0 Å². The Kier molecular flexibility index (Phi) is 2.58. The lowest BCUT2D eigenvalue weighted by molar-refractivity contribution is 1.33. The molecule has 0 spiro atoms. The molecule has 0 N–H and O–H groups in total. The van der Waals surface area contributed by atoms with E-state index in [1.54, 1.807) is 6.20 Å². The smallest absolute Gasteiger partial charge is 0.0702 e. The molecular weight excluding hydrogens is 218 g/mol. The van der Waals surface area contributed by atoms with Gasteiger partial charge in [-0.1, -0.05) is 54.6 Å². The molecule has 0 fully saturated rings. The Morgan fingerprint density at radius 1 is 0.667 bits per heavy atom. The van der Waals surface area contributed by atoms with Crippen molar-refractivity contribution in [3.8, 4) is 22.4 Å². The first-order valence-electron chi connectivity index (χ1n) is 6.43. The minimum atomic E-state index is 0.521. The Morgan fingerprint density at radius 2 is 1.39 bits per heavy atom. The topological polar surface area (TPSA) is 12.9 Å². The predicted molar refractivity (Wildman–Crippen MR) is 75.1 cm³/mol. The lowest BCUT2D eigenvalue weighted by Crippen LogP contribution is -1.83. The summed E-state index contributed by atoms with van der Waals surface area (Å²) in [4.78, 5) is 4.32. The van der Waals surface area contributed by atoms with Gasteiger partial charge in [0.15, 0.2) is 0 Å². The van der Waals surface area contributed by atoms with E-state index < -0.39 is 0 Å². The molecule has 18 heavy (non-hydrogen) atoms. The Bertz CT molecular complexity index is 620. The molecule has 3 rings (SSSR count). The zero-order chi connectivity index (χ0) is 13.1. The van der Waals surface area contributed by atoms with Crippen LogP contribution in [0.25, 0.3) is 22.4 Å². The summed E-state index contributed by atoms with van der Waals surface area (Å²) in [6.07, 6.45) is 1.75. The highest BCUT2D eigenvalue weighted by atomic mass is 14.7. The minimum Gasteiger partial charge on any atom is -0.256 e. The molecule has 86 valence electrons. The second-order valence-corrected chi connectivity index (χ2v) is 4.06. The van der Waals surface area contributed by atoms with E-state index in [1.807, 2.05) is 66.7 Å². The minimum absolute atomic E-state index is 0.521. The van der Waals surface area contributed by atoms with E-state index in [2.05, 4.69) is 4.98 Å². The maximum absolute atomic E-state index is 8.38. The van der Waals surface area contributed by atoms with E-state index in [0.29, 0.717) is 6.04 Å². The van der Waals surface area contributed by atoms with Crippen molar-refractivity contribution in [1.29, 1.82) is 0 Å². The molecule has 0 saturated heterocycles. The Morgan fingerprint density at radius 3 is 2.17 bits per heavy atom. The number of aromatic nitrogens is 1. The van der Waals surface area contributed by atoms with Gasteiger partial charge in [0.2, 0.25) is 0 Å². The third-order valence-corrected chi connectivity index (χ3v) is 2.82. The number of nitrogens with zero attached hydrogens (tertiary/aromatic N) is 1. The summed E-state index contributed by atoms with van der Waals surface area (Å²) in [6, 6.07) is 22.2. The van der Waals surface area contributed by atoms with Crippen LogP contribution in [0.2, 0.25) is 0 Å². The average Bonchev–Trinajstić information content (AvgIpc) is 2.49. The molecule has 1 aromatic heterocycles. The average molecular weight is 232 g/mol. The Labute approximate surface area is 108 Å². The molecule has 1 heterocycles. The number of benzene rings is 2. The summed E-state index contributed by atoms with van der Waals surface area (Å²) in [5, 5.41) is 0. The van der Waals surface area contributed by atoms with Crippen molar-refractivity contribution in [1.82, 2.24) is 4.98 Å². The summed E-state index contributed by atoms with van der Waals surface area (Å²) in [6.45, 7) is 0. The molecule has 3 aromatic rings. The van der Waals surface area contributed by atoms with Crippen LogP contribution >= 0.6 is 0 Å². The first-order chi connectivity index (χ1) is 9.36. The zero-order valence-electron chi connectivity index (χ0n) is 10.9. The van der Waals surface area contributed by atoms with Gasteiger partial charge >= 0.3 is 0 Å². The van der Waals surface area contributed by atoms with Gasteiger partial charge in [0.25, 0.3) is 0 Å². The van der Waals surface area contributed by atoms with Crippen molar-refractivity contribution in [3.05, 3.63) is 79.0 Å². The monoisotopic (exact) mass is 232 g/mol. The van der Waals surface area contributed by atoms with E-state index in [4.69, 9.17) is 1.37 Å². The second kappa shape index (κ2) is 4.84. The van der Waals surface area contributed by atoms with Crippen LogP contribution in [0.4, 0.5) is 0 Å². The molecule has 0 amide bonds. The molecule has 2 aromatic carbocycles. The Hall–Kier alpha value is -2.41. The van der Waals surface area contributed by atoms with Crippen molar-refractivity contribution in [2.45, 2.75) is 0 Å². The first-order valence-corrected chi connectivity index (χ1v) is 5.93. The third-order valence-electron chi connectivity index (χ3n) is 2.82. The van der Waals surface area contributed by atoms with Crippen LogP contribution in [0.15, 0.2) is 79.0 Å². The molecular formula is C17H13N. The van der Waals surface area contributed by atoms with E-state index >= 15 is 0 Å². The van der Waals surface area contributed by atoms with Crippen molar-refractivity contribution >= 4 is 0 Å². The molecule has 0 unspecified atom stereocenters. The summed E-state index contributed by atoms with van der Waals surface area (Å²) in [7, 11) is 0. The predicted octanol–water partition coefficient (Wildman–Crippen LogP) is 4.42. The normalized spacial score (nSPS) is 11.0. The molecule has 0 atom stereocenters. The van der Waals surface area contributed by atoms with Crippen LogP contribution in [-0.2, 0) is 0 Å². The third kappa shape index (κ3) is 2.16. The molecule has 0 aliphatic heterocycles. The van der Waals surface area contributed by atoms with Gasteiger partial charge in [-0.25, -0.2) is 0 Å². The van der Waals surface area contributed by atoms with Gasteiger partial charge in [-0.15, -0.1) is 0 Å². The SMILES string of the molecule is [2H]c1c(-c2ccccc2)cccc1-c1ccccn1. The quantitative estimate of drug-likeness (QED) is 0.637. The molecule has 0 aliphatic carbocycles. The zero-order valence-corrected chi connectivity index (χ0v) is 9.88. The summed E-state index contributed by atoms with van der Waals surface area (Å²) in [5.74, 6) is 0. The fraction of sp³-hybridized carbons (Fsp3) is 0. The number of hydrogen-bond donors (Lipinski definition) is 0. The van der Waals surface area contributed by atoms with Crippen LogP contribution in [-0.4, -0.2) is 4.98 Å². The summed E-state index contributed by atoms with van der Waals surface area (Å²) >= 11 is 0. The molecule has 1 nitrogen and oxygen atoms in total. The summed E-state index contributed by atoms with van der Waals surface area (Å²) < 4.78 is 8.38. The lowest BCUT2D eigenvalue weighted by Gasteiger charge is -2.05. The number of pyridine rings is 1. The van der Waals surface area contributed by atoms with E-state index in [9.17, 15) is 0 Å². The van der Waals surface area contributed by atoms with Gasteiger partial charge in [-0.2, -0.15) is 0 Å². The van der Waals surface area contributed by atoms with Gasteiger partial charge in [0, 0.05) is 11.8 Å². The number of rotatable bonds is 2. The van der Waals surface area contributed by atoms with Crippen LogP contribution in [0, 0.1) is 0 Å². The maximum Gasteiger partial charge on any atom is 0.0702 e. The maximum atomic E-state index is 8.38. The van der Waals surface area contributed by atoms with E-state index in [-0.39, 0.29) is 0 Å². The van der Waals surface area contributed by atoms with Crippen molar-refractivity contribution < 1.29 is 1.37 Å². The molecule has 0 aliphatic rings. The van der Waals surface area contributed by atoms with Crippen molar-refractivity contribution in [3.63, 3.8) is 0 Å². The van der Waals surface area contributed by atoms with E-state index in [1.165, 1.54) is 0 Å². The number of hydrogen-bond acceptors (Lipinski definition) is 1. The van der Waals surface area contributed by atoms with Gasteiger partial charge < -0.3 is 0 Å². The molecule has 0 saturated carbocycles. The van der Waals surface area contributed by atoms with Gasteiger partial charge in [-0.3, -0.25) is 4.98 Å². The fourth-order valence-corrected chi connectivity index (χ4v) is 1.93. The van der Waals surface area contributed by atoms with E-state index in [0.717, 1.165) is 22.4 Å². The van der Waals surface area contributed by atoms with Gasteiger partial charge in [0.1, 0.15) is 0 Å². The molecule has 0 radical (unpaired) electrons. The van der Waals surface area contributed by atoms with Crippen molar-refractivity contribution in [2.75, 3.05) is 0 Å². The highest BCUT2D eigenvalue weighted by Crippen LogP contribution is 2.24. The standard InChI is InChI=1S/C17H13N/c1-2-7-14(8-3-1)15-9-6-10-16(13-15)17-11-4-5-12-18-17/h1-13H/i13D. The van der Waals surface area contributed by atoms with Crippen LogP contribution in [0.1, 0.15) is 1.37 Å². The van der Waals surface area contributed by atoms with Crippen LogP contribution in [0.5, 0.6) is 0 Å². The second-order valence-electron chi connectivity index (χ2n) is 4.06. The first kappa shape index (κ1) is 9.60. The molecule has 1 heteroatoms. The van der Waals surface area contributed by atoms with Gasteiger partial charge in [-0.05, 0) is 29.3 Å². The lowest BCUT2D eigenvalue weighted by atomic mass is 10.0. The highest BCUT2D eigenvalue weighted by molar-refractivity contribution is 5.71. The Balaban J connectivity index is 2.15. The molecule has 0 bridgehead atoms. The van der Waals surface area contributed by atoms with Gasteiger partial charge in [0.05, 0.1) is 7.06 Å². The largest absolute Gasteiger partial charge is 0.256 e.